The molecule has 0 aromatic heterocycles. The standard InChI is InChI=1S/C20H16BrN3O4S/c1-26-14-5-3-13(4-6-14)23-20-24-19(25)18(29-20)10-12-9-16(27-2)17(11-15(12)21)28-8-7-22/h3-6,9-11H,8H2,1-2H3,(H,23,24,25)/b18-10-. The quantitative estimate of drug-likeness (QED) is 0.629. The van der Waals surface area contributed by atoms with Crippen LogP contribution in [0, 0.1) is 11.3 Å². The smallest absolute Gasteiger partial charge is 0.264 e. The Morgan fingerprint density at radius 2 is 1.97 bits per heavy atom. The van der Waals surface area contributed by atoms with E-state index in [2.05, 4.69) is 26.2 Å². The minimum absolute atomic E-state index is 0.0906. The van der Waals surface area contributed by atoms with E-state index in [1.165, 1.54) is 18.9 Å². The summed E-state index contributed by atoms with van der Waals surface area (Å²) in [5.74, 6) is 1.40. The van der Waals surface area contributed by atoms with Crippen molar-refractivity contribution in [3.05, 3.63) is 51.3 Å². The summed E-state index contributed by atoms with van der Waals surface area (Å²) in [6, 6.07) is 12.6. The minimum Gasteiger partial charge on any atom is -0.497 e. The maximum Gasteiger partial charge on any atom is 0.264 e. The molecule has 1 saturated heterocycles. The van der Waals surface area contributed by atoms with Gasteiger partial charge in [0.2, 0.25) is 0 Å². The second-order valence-electron chi connectivity index (χ2n) is 5.65. The number of nitrogens with one attached hydrogen (secondary N) is 1. The van der Waals surface area contributed by atoms with Crippen LogP contribution in [0.15, 0.2) is 50.8 Å². The minimum atomic E-state index is -0.238. The lowest BCUT2D eigenvalue weighted by Gasteiger charge is -2.11. The largest absolute Gasteiger partial charge is 0.497 e. The number of hydrogen-bond acceptors (Lipinski definition) is 7. The zero-order chi connectivity index (χ0) is 20.8. The lowest BCUT2D eigenvalue weighted by atomic mass is 10.2. The molecule has 1 amide bonds. The maximum atomic E-state index is 12.3. The number of amides is 1. The summed E-state index contributed by atoms with van der Waals surface area (Å²) in [5, 5.41) is 11.9. The van der Waals surface area contributed by atoms with Gasteiger partial charge < -0.3 is 19.5 Å². The molecule has 3 rings (SSSR count). The fourth-order valence-electron chi connectivity index (χ4n) is 2.44. The van der Waals surface area contributed by atoms with Gasteiger partial charge in [0, 0.05) is 4.47 Å². The zero-order valence-corrected chi connectivity index (χ0v) is 18.0. The van der Waals surface area contributed by atoms with Gasteiger partial charge in [-0.3, -0.25) is 4.79 Å². The molecule has 29 heavy (non-hydrogen) atoms. The number of nitrogens with zero attached hydrogens (tertiary/aromatic N) is 2. The van der Waals surface area contributed by atoms with Crippen LogP contribution in [0.1, 0.15) is 5.56 Å². The highest BCUT2D eigenvalue weighted by Crippen LogP contribution is 2.36. The van der Waals surface area contributed by atoms with E-state index in [0.29, 0.717) is 31.7 Å². The molecule has 1 fully saturated rings. The van der Waals surface area contributed by atoms with E-state index in [1.807, 2.05) is 18.2 Å². The average molecular weight is 474 g/mol. The highest BCUT2D eigenvalue weighted by atomic mass is 79.9. The van der Waals surface area contributed by atoms with Gasteiger partial charge in [0.1, 0.15) is 11.8 Å². The molecule has 148 valence electrons. The van der Waals surface area contributed by atoms with Crippen molar-refractivity contribution in [2.45, 2.75) is 0 Å². The molecule has 0 bridgehead atoms. The third-order valence-electron chi connectivity index (χ3n) is 3.82. The van der Waals surface area contributed by atoms with Gasteiger partial charge in [-0.1, -0.05) is 15.9 Å². The van der Waals surface area contributed by atoms with E-state index in [0.717, 1.165) is 11.3 Å². The number of ether oxygens (including phenoxy) is 3. The molecular weight excluding hydrogens is 458 g/mol. The predicted molar refractivity (Wildman–Crippen MR) is 116 cm³/mol. The summed E-state index contributed by atoms with van der Waals surface area (Å²) in [7, 11) is 3.11. The lowest BCUT2D eigenvalue weighted by Crippen LogP contribution is -2.19. The Bertz CT molecular complexity index is 1030. The molecule has 0 atom stereocenters. The molecule has 9 heteroatoms. The Morgan fingerprint density at radius 3 is 2.62 bits per heavy atom. The third kappa shape index (κ3) is 5.10. The summed E-state index contributed by atoms with van der Waals surface area (Å²) < 4.78 is 16.5. The first kappa shape index (κ1) is 20.8. The molecule has 0 radical (unpaired) electrons. The van der Waals surface area contributed by atoms with Crippen LogP contribution in [0.5, 0.6) is 17.2 Å². The van der Waals surface area contributed by atoms with Crippen LogP contribution in [0.2, 0.25) is 0 Å². The monoisotopic (exact) mass is 473 g/mol. The number of amidine groups is 1. The molecule has 2 aromatic rings. The SMILES string of the molecule is COc1ccc(N=C2NC(=O)/C(=C/c3cc(OC)c(OCC#N)cc3Br)S2)cc1. The third-order valence-corrected chi connectivity index (χ3v) is 5.41. The second kappa shape index (κ2) is 9.49. The molecule has 0 unspecified atom stereocenters. The summed E-state index contributed by atoms with van der Waals surface area (Å²) in [6.45, 7) is -0.0906. The van der Waals surface area contributed by atoms with Gasteiger partial charge in [-0.15, -0.1) is 0 Å². The highest BCUT2D eigenvalue weighted by molar-refractivity contribution is 9.10. The van der Waals surface area contributed by atoms with E-state index in [9.17, 15) is 4.79 Å². The number of rotatable bonds is 6. The van der Waals surface area contributed by atoms with Crippen molar-refractivity contribution in [1.29, 1.82) is 5.26 Å². The number of carbonyl (C=O) groups is 1. The fraction of sp³-hybridized carbons (Fsp3) is 0.150. The van der Waals surface area contributed by atoms with Crippen LogP contribution in [-0.4, -0.2) is 31.9 Å². The first-order valence-electron chi connectivity index (χ1n) is 8.35. The average Bonchev–Trinajstić information content (AvgIpc) is 3.07. The Labute approximate surface area is 180 Å². The topological polar surface area (TPSA) is 92.9 Å². The number of nitriles is 1. The number of benzene rings is 2. The lowest BCUT2D eigenvalue weighted by molar-refractivity contribution is -0.115. The molecule has 0 aliphatic carbocycles. The molecule has 1 N–H and O–H groups in total. The van der Waals surface area contributed by atoms with Gasteiger partial charge in [0.05, 0.1) is 24.8 Å². The Kier molecular flexibility index (Phi) is 6.80. The van der Waals surface area contributed by atoms with Gasteiger partial charge in [0.15, 0.2) is 23.3 Å². The number of carbonyl (C=O) groups excluding carboxylic acids is 1. The van der Waals surface area contributed by atoms with Crippen molar-refractivity contribution >= 4 is 50.5 Å². The normalized spacial score (nSPS) is 15.9. The van der Waals surface area contributed by atoms with E-state index in [4.69, 9.17) is 19.5 Å². The number of methoxy groups -OCH3 is 2. The molecular formula is C20H16BrN3O4S. The van der Waals surface area contributed by atoms with E-state index in [-0.39, 0.29) is 12.5 Å². The molecule has 0 saturated carbocycles. The van der Waals surface area contributed by atoms with Gasteiger partial charge in [-0.05, 0) is 59.8 Å². The van der Waals surface area contributed by atoms with E-state index in [1.54, 1.807) is 37.5 Å². The van der Waals surface area contributed by atoms with E-state index >= 15 is 0 Å². The van der Waals surface area contributed by atoms with Gasteiger partial charge in [-0.2, -0.15) is 5.26 Å². The summed E-state index contributed by atoms with van der Waals surface area (Å²) in [4.78, 5) is 17.3. The molecule has 1 aliphatic heterocycles. The van der Waals surface area contributed by atoms with Crippen LogP contribution in [0.3, 0.4) is 0 Å². The van der Waals surface area contributed by atoms with Crippen molar-refractivity contribution in [1.82, 2.24) is 5.32 Å². The molecule has 0 spiro atoms. The van der Waals surface area contributed by atoms with Crippen LogP contribution in [0.25, 0.3) is 6.08 Å². The number of halogens is 1. The Hall–Kier alpha value is -2.96. The predicted octanol–water partition coefficient (Wildman–Crippen LogP) is 4.26. The summed E-state index contributed by atoms with van der Waals surface area (Å²) in [6.07, 6.45) is 1.73. The van der Waals surface area contributed by atoms with Crippen molar-refractivity contribution < 1.29 is 19.0 Å². The van der Waals surface area contributed by atoms with Crippen LogP contribution < -0.4 is 19.5 Å². The van der Waals surface area contributed by atoms with Crippen molar-refractivity contribution in [3.8, 4) is 23.3 Å². The number of aliphatic imine (C=N–C) groups is 1. The first-order valence-corrected chi connectivity index (χ1v) is 9.96. The maximum absolute atomic E-state index is 12.3. The van der Waals surface area contributed by atoms with Gasteiger partial charge in [-0.25, -0.2) is 4.99 Å². The number of thioether (sulfide) groups is 1. The summed E-state index contributed by atoms with van der Waals surface area (Å²) >= 11 is 4.71. The van der Waals surface area contributed by atoms with Crippen molar-refractivity contribution in [3.63, 3.8) is 0 Å². The van der Waals surface area contributed by atoms with Crippen molar-refractivity contribution in [2.24, 2.45) is 4.99 Å². The highest BCUT2D eigenvalue weighted by Gasteiger charge is 2.24. The molecule has 1 heterocycles. The van der Waals surface area contributed by atoms with Gasteiger partial charge in [0.25, 0.3) is 5.91 Å². The molecule has 2 aromatic carbocycles. The van der Waals surface area contributed by atoms with E-state index < -0.39 is 0 Å². The van der Waals surface area contributed by atoms with Crippen LogP contribution in [0.4, 0.5) is 5.69 Å². The number of hydrogen-bond donors (Lipinski definition) is 1. The molecule has 1 aliphatic rings. The first-order chi connectivity index (χ1) is 14.0. The Morgan fingerprint density at radius 1 is 1.21 bits per heavy atom. The van der Waals surface area contributed by atoms with Gasteiger partial charge >= 0.3 is 0 Å². The molecule has 7 nitrogen and oxygen atoms in total. The van der Waals surface area contributed by atoms with Crippen molar-refractivity contribution in [2.75, 3.05) is 20.8 Å². The summed E-state index contributed by atoms with van der Waals surface area (Å²) in [5.41, 5.74) is 1.44. The fourth-order valence-corrected chi connectivity index (χ4v) is 3.71. The van der Waals surface area contributed by atoms with Crippen LogP contribution in [-0.2, 0) is 4.79 Å². The Balaban J connectivity index is 1.84. The van der Waals surface area contributed by atoms with Crippen LogP contribution >= 0.6 is 27.7 Å². The zero-order valence-electron chi connectivity index (χ0n) is 15.6. The second-order valence-corrected chi connectivity index (χ2v) is 7.54.